The van der Waals surface area contributed by atoms with Gasteiger partial charge in [0.15, 0.2) is 0 Å². The highest BCUT2D eigenvalue weighted by atomic mass is 16.2. The molecule has 0 saturated carbocycles. The van der Waals surface area contributed by atoms with Gasteiger partial charge in [0.25, 0.3) is 5.91 Å². The highest BCUT2D eigenvalue weighted by molar-refractivity contribution is 5.94. The molecule has 0 aliphatic carbocycles. The molecule has 3 N–H and O–H groups in total. The van der Waals surface area contributed by atoms with Gasteiger partial charge in [0.2, 0.25) is 0 Å². The predicted molar refractivity (Wildman–Crippen MR) is 60.9 cm³/mol. The molecular formula is C11H18N4O. The van der Waals surface area contributed by atoms with Crippen molar-refractivity contribution in [3.05, 3.63) is 18.0 Å². The van der Waals surface area contributed by atoms with Gasteiger partial charge >= 0.3 is 0 Å². The fourth-order valence-corrected chi connectivity index (χ4v) is 2.29. The van der Waals surface area contributed by atoms with Crippen LogP contribution < -0.4 is 5.73 Å². The number of hydrogen-bond acceptors (Lipinski definition) is 3. The van der Waals surface area contributed by atoms with Crippen LogP contribution in [0.5, 0.6) is 0 Å². The van der Waals surface area contributed by atoms with Crippen molar-refractivity contribution in [3.63, 3.8) is 0 Å². The van der Waals surface area contributed by atoms with Crippen LogP contribution in [0.3, 0.4) is 0 Å². The monoisotopic (exact) mass is 222 g/mol. The van der Waals surface area contributed by atoms with Crippen molar-refractivity contribution in [3.8, 4) is 0 Å². The predicted octanol–water partition coefficient (Wildman–Crippen LogP) is 0.753. The van der Waals surface area contributed by atoms with Gasteiger partial charge in [-0.25, -0.2) is 0 Å². The summed E-state index contributed by atoms with van der Waals surface area (Å²) in [6.45, 7) is 1.56. The third-order valence-corrected chi connectivity index (χ3v) is 3.12. The number of aromatic nitrogens is 2. The Labute approximate surface area is 95.0 Å². The minimum atomic E-state index is 0.0910. The molecular weight excluding hydrogens is 204 g/mol. The molecule has 1 saturated heterocycles. The quantitative estimate of drug-likeness (QED) is 0.789. The van der Waals surface area contributed by atoms with Crippen molar-refractivity contribution < 1.29 is 4.79 Å². The number of carbonyl (C=O) groups is 1. The molecule has 88 valence electrons. The van der Waals surface area contributed by atoms with Crippen molar-refractivity contribution in [1.29, 1.82) is 0 Å². The Morgan fingerprint density at radius 3 is 3.25 bits per heavy atom. The average molecular weight is 222 g/mol. The van der Waals surface area contributed by atoms with Crippen molar-refractivity contribution in [1.82, 2.24) is 15.1 Å². The zero-order valence-electron chi connectivity index (χ0n) is 9.35. The Morgan fingerprint density at radius 2 is 2.56 bits per heavy atom. The Kier molecular flexibility index (Phi) is 3.56. The molecule has 1 fully saturated rings. The van der Waals surface area contributed by atoms with Crippen molar-refractivity contribution in [2.75, 3.05) is 13.1 Å². The lowest BCUT2D eigenvalue weighted by molar-refractivity contribution is 0.0729. The first kappa shape index (κ1) is 11.1. The fourth-order valence-electron chi connectivity index (χ4n) is 2.29. The lowest BCUT2D eigenvalue weighted by Crippen LogP contribution is -2.35. The van der Waals surface area contributed by atoms with E-state index in [1.165, 1.54) is 0 Å². The molecule has 0 spiro atoms. The molecule has 5 nitrogen and oxygen atoms in total. The third kappa shape index (κ3) is 2.24. The van der Waals surface area contributed by atoms with E-state index in [1.54, 1.807) is 12.4 Å². The maximum Gasteiger partial charge on any atom is 0.257 e. The van der Waals surface area contributed by atoms with E-state index in [-0.39, 0.29) is 5.91 Å². The number of aromatic amines is 1. The van der Waals surface area contributed by atoms with Gasteiger partial charge in [-0.15, -0.1) is 0 Å². The van der Waals surface area contributed by atoms with E-state index in [1.807, 2.05) is 4.90 Å². The summed E-state index contributed by atoms with van der Waals surface area (Å²) in [5.41, 5.74) is 6.16. The normalized spacial score (nSPS) is 20.3. The van der Waals surface area contributed by atoms with Gasteiger partial charge in [0, 0.05) is 18.8 Å². The van der Waals surface area contributed by atoms with E-state index >= 15 is 0 Å². The molecule has 0 bridgehead atoms. The van der Waals surface area contributed by atoms with Gasteiger partial charge in [-0.05, 0) is 32.2 Å². The minimum Gasteiger partial charge on any atom is -0.336 e. The van der Waals surface area contributed by atoms with Crippen LogP contribution in [0.4, 0.5) is 0 Å². The summed E-state index contributed by atoms with van der Waals surface area (Å²) in [6.07, 6.45) is 7.43. The number of H-pyrrole nitrogens is 1. The summed E-state index contributed by atoms with van der Waals surface area (Å²) in [5.74, 6) is 0.0910. The number of nitrogens with two attached hydrogens (primary N) is 1. The largest absolute Gasteiger partial charge is 0.336 e. The zero-order valence-corrected chi connectivity index (χ0v) is 9.35. The smallest absolute Gasteiger partial charge is 0.257 e. The maximum atomic E-state index is 12.1. The Balaban J connectivity index is 1.99. The standard InChI is InChI=1S/C11H18N4O/c12-5-1-3-10-4-2-6-15(10)11(16)9-7-13-14-8-9/h7-8,10H,1-6,12H2,(H,13,14). The first-order chi connectivity index (χ1) is 7.83. The summed E-state index contributed by atoms with van der Waals surface area (Å²) in [5, 5.41) is 6.48. The third-order valence-electron chi connectivity index (χ3n) is 3.12. The van der Waals surface area contributed by atoms with Crippen LogP contribution in [0.1, 0.15) is 36.0 Å². The van der Waals surface area contributed by atoms with E-state index in [9.17, 15) is 4.79 Å². The maximum absolute atomic E-state index is 12.1. The average Bonchev–Trinajstić information content (AvgIpc) is 2.96. The van der Waals surface area contributed by atoms with Gasteiger partial charge < -0.3 is 10.6 Å². The molecule has 1 atom stereocenters. The lowest BCUT2D eigenvalue weighted by Gasteiger charge is -2.24. The van der Waals surface area contributed by atoms with Crippen LogP contribution in [0.25, 0.3) is 0 Å². The number of likely N-dealkylation sites (tertiary alicyclic amines) is 1. The second-order valence-corrected chi connectivity index (χ2v) is 4.21. The van der Waals surface area contributed by atoms with E-state index < -0.39 is 0 Å². The van der Waals surface area contributed by atoms with Crippen molar-refractivity contribution in [2.24, 2.45) is 5.73 Å². The molecule has 2 rings (SSSR count). The number of hydrogen-bond donors (Lipinski definition) is 2. The minimum absolute atomic E-state index is 0.0910. The Bertz CT molecular complexity index is 336. The van der Waals surface area contributed by atoms with Crippen LogP contribution in [0, 0.1) is 0 Å². The summed E-state index contributed by atoms with van der Waals surface area (Å²) in [7, 11) is 0. The molecule has 16 heavy (non-hydrogen) atoms. The first-order valence-corrected chi connectivity index (χ1v) is 5.82. The SMILES string of the molecule is NCCCC1CCCN1C(=O)c1cn[nH]c1. The molecule has 1 amide bonds. The topological polar surface area (TPSA) is 75.0 Å². The first-order valence-electron chi connectivity index (χ1n) is 5.82. The van der Waals surface area contributed by atoms with Gasteiger partial charge in [0.1, 0.15) is 0 Å². The molecule has 1 aromatic rings. The number of nitrogens with one attached hydrogen (secondary N) is 1. The number of nitrogens with zero attached hydrogens (tertiary/aromatic N) is 2. The summed E-state index contributed by atoms with van der Waals surface area (Å²) in [4.78, 5) is 14.1. The zero-order chi connectivity index (χ0) is 11.4. The molecule has 1 aliphatic rings. The van der Waals surface area contributed by atoms with Gasteiger partial charge in [-0.1, -0.05) is 0 Å². The van der Waals surface area contributed by atoms with E-state index in [2.05, 4.69) is 10.2 Å². The van der Waals surface area contributed by atoms with Gasteiger partial charge in [-0.3, -0.25) is 9.89 Å². The molecule has 2 heterocycles. The van der Waals surface area contributed by atoms with Crippen LogP contribution in [-0.2, 0) is 0 Å². The Morgan fingerprint density at radius 1 is 1.69 bits per heavy atom. The number of rotatable bonds is 4. The highest BCUT2D eigenvalue weighted by Crippen LogP contribution is 2.22. The van der Waals surface area contributed by atoms with Gasteiger partial charge in [-0.2, -0.15) is 5.10 Å². The van der Waals surface area contributed by atoms with E-state index in [0.717, 1.165) is 32.2 Å². The second kappa shape index (κ2) is 5.12. The fraction of sp³-hybridized carbons (Fsp3) is 0.636. The summed E-state index contributed by atoms with van der Waals surface area (Å²) >= 11 is 0. The van der Waals surface area contributed by atoms with E-state index in [0.29, 0.717) is 18.2 Å². The van der Waals surface area contributed by atoms with Crippen LogP contribution >= 0.6 is 0 Å². The van der Waals surface area contributed by atoms with Crippen LogP contribution in [0.2, 0.25) is 0 Å². The number of carbonyl (C=O) groups excluding carboxylic acids is 1. The lowest BCUT2D eigenvalue weighted by atomic mass is 10.1. The van der Waals surface area contributed by atoms with Gasteiger partial charge in [0.05, 0.1) is 11.8 Å². The second-order valence-electron chi connectivity index (χ2n) is 4.21. The van der Waals surface area contributed by atoms with E-state index in [4.69, 9.17) is 5.73 Å². The van der Waals surface area contributed by atoms with Crippen molar-refractivity contribution in [2.45, 2.75) is 31.7 Å². The molecule has 5 heteroatoms. The molecule has 1 unspecified atom stereocenters. The van der Waals surface area contributed by atoms with Crippen LogP contribution in [-0.4, -0.2) is 40.1 Å². The molecule has 0 aromatic carbocycles. The highest BCUT2D eigenvalue weighted by Gasteiger charge is 2.29. The summed E-state index contributed by atoms with van der Waals surface area (Å²) in [6, 6.07) is 0.367. The molecule has 0 radical (unpaired) electrons. The Hall–Kier alpha value is -1.36. The molecule has 1 aromatic heterocycles. The molecule has 1 aliphatic heterocycles. The van der Waals surface area contributed by atoms with Crippen LogP contribution in [0.15, 0.2) is 12.4 Å². The summed E-state index contributed by atoms with van der Waals surface area (Å²) < 4.78 is 0. The number of amides is 1. The van der Waals surface area contributed by atoms with Crippen molar-refractivity contribution >= 4 is 5.91 Å².